The van der Waals surface area contributed by atoms with E-state index in [0.29, 0.717) is 19.4 Å². The van der Waals surface area contributed by atoms with Crippen LogP contribution >= 0.6 is 23.5 Å². The summed E-state index contributed by atoms with van der Waals surface area (Å²) in [5, 5.41) is 36.2. The molecule has 6 N–H and O–H groups in total. The van der Waals surface area contributed by atoms with Gasteiger partial charge in [0.05, 0.1) is 10.1 Å². The number of nitrogens with one attached hydrogen (secondary N) is 3. The van der Waals surface area contributed by atoms with Crippen LogP contribution in [0.2, 0.25) is 0 Å². The molecule has 3 amide bonds. The number of nitrogens with zero attached hydrogens (tertiary/aromatic N) is 1. The third-order valence-electron chi connectivity index (χ3n) is 6.67. The summed E-state index contributed by atoms with van der Waals surface area (Å²) < 4.78 is 5.02. The number of ketones is 1. The maximum atomic E-state index is 14.1. The van der Waals surface area contributed by atoms with Crippen molar-refractivity contribution in [3.8, 4) is 0 Å². The Kier molecular flexibility index (Phi) is 12.8. The van der Waals surface area contributed by atoms with E-state index in [1.165, 1.54) is 4.90 Å². The van der Waals surface area contributed by atoms with Gasteiger partial charge < -0.3 is 35.6 Å². The lowest BCUT2D eigenvalue weighted by Crippen LogP contribution is -2.59. The highest BCUT2D eigenvalue weighted by atomic mass is 32.2. The maximum absolute atomic E-state index is 14.1. The molecule has 2 saturated heterocycles. The van der Waals surface area contributed by atoms with Gasteiger partial charge in [0, 0.05) is 19.5 Å². The highest BCUT2D eigenvalue weighted by molar-refractivity contribution is 8.18. The fourth-order valence-electron chi connectivity index (χ4n) is 4.72. The van der Waals surface area contributed by atoms with Gasteiger partial charge in [-0.2, -0.15) is 0 Å². The molecule has 4 atom stereocenters. The van der Waals surface area contributed by atoms with Crippen molar-refractivity contribution in [2.24, 2.45) is 5.41 Å². The Hall–Kier alpha value is -1.58. The van der Waals surface area contributed by atoms with Crippen molar-refractivity contribution < 1.29 is 39.2 Å². The maximum Gasteiger partial charge on any atom is 0.408 e. The number of Topliss-reactive ketones (excluding diaryl/α,β-unsaturated/α-hetero) is 1. The highest BCUT2D eigenvalue weighted by Gasteiger charge is 2.53. The molecule has 0 aliphatic carbocycles. The van der Waals surface area contributed by atoms with Gasteiger partial charge in [-0.15, -0.1) is 23.5 Å². The van der Waals surface area contributed by atoms with Crippen LogP contribution in [0.3, 0.4) is 0 Å². The third kappa shape index (κ3) is 10.6. The summed E-state index contributed by atoms with van der Waals surface area (Å²) in [5.74, 6) is 0.144. The van der Waals surface area contributed by atoms with Crippen LogP contribution in [0.4, 0.5) is 4.79 Å². The van der Waals surface area contributed by atoms with E-state index < -0.39 is 76.0 Å². The SMILES string of the molecule is CCCC(NC(=O)C1CC2(CN1C(=O)C(NC(=O)OC(C)(C)C)C(C)(C)C)SCCCS2)C(=O)[C@H](O)NCC(O)O. The lowest BCUT2D eigenvalue weighted by molar-refractivity contribution is -0.143. The number of aliphatic hydroxyl groups is 3. The number of amides is 3. The molecule has 2 aliphatic rings. The van der Waals surface area contributed by atoms with Crippen molar-refractivity contribution in [2.45, 2.75) is 114 Å². The molecule has 2 rings (SSSR count). The number of hydrogen-bond acceptors (Lipinski definition) is 11. The molecule has 236 valence electrons. The number of alkyl carbamates (subject to hydrolysis) is 1. The molecule has 0 aromatic rings. The first kappa shape index (κ1) is 35.6. The molecule has 0 radical (unpaired) electrons. The summed E-state index contributed by atoms with van der Waals surface area (Å²) in [6.45, 7) is 12.4. The number of carbonyl (C=O) groups excluding carboxylic acids is 4. The molecule has 12 nitrogen and oxygen atoms in total. The van der Waals surface area contributed by atoms with Crippen LogP contribution in [-0.2, 0) is 19.1 Å². The van der Waals surface area contributed by atoms with Crippen LogP contribution in [0.15, 0.2) is 0 Å². The molecule has 3 unspecified atom stereocenters. The Morgan fingerprint density at radius 2 is 1.63 bits per heavy atom. The fraction of sp³-hybridized carbons (Fsp3) is 0.852. The Labute approximate surface area is 251 Å². The largest absolute Gasteiger partial charge is 0.444 e. The molecule has 2 aliphatic heterocycles. The lowest BCUT2D eigenvalue weighted by atomic mass is 9.85. The molecule has 0 aromatic heterocycles. The molecule has 0 saturated carbocycles. The van der Waals surface area contributed by atoms with Crippen LogP contribution in [0.1, 0.15) is 74.1 Å². The van der Waals surface area contributed by atoms with Gasteiger partial charge in [-0.1, -0.05) is 34.1 Å². The Bertz CT molecular complexity index is 931. The Balaban J connectivity index is 2.34. The van der Waals surface area contributed by atoms with E-state index in [1.807, 2.05) is 27.7 Å². The lowest BCUT2D eigenvalue weighted by Gasteiger charge is -2.36. The Morgan fingerprint density at radius 3 is 2.15 bits per heavy atom. The number of aliphatic hydroxyl groups excluding tert-OH is 2. The van der Waals surface area contributed by atoms with Crippen molar-refractivity contribution in [1.82, 2.24) is 20.9 Å². The van der Waals surface area contributed by atoms with Gasteiger partial charge in [0.15, 0.2) is 18.3 Å². The normalized spacial score (nSPS) is 21.3. The van der Waals surface area contributed by atoms with E-state index in [0.717, 1.165) is 17.9 Å². The predicted octanol–water partition coefficient (Wildman–Crippen LogP) is 1.17. The first-order chi connectivity index (χ1) is 18.9. The summed E-state index contributed by atoms with van der Waals surface area (Å²) in [4.78, 5) is 55.1. The summed E-state index contributed by atoms with van der Waals surface area (Å²) in [5.41, 5.74) is -1.47. The van der Waals surface area contributed by atoms with Gasteiger partial charge in [0.25, 0.3) is 0 Å². The highest BCUT2D eigenvalue weighted by Crippen LogP contribution is 2.50. The zero-order valence-electron chi connectivity index (χ0n) is 25.2. The van der Waals surface area contributed by atoms with E-state index in [-0.39, 0.29) is 6.42 Å². The second-order valence-corrected chi connectivity index (χ2v) is 15.9. The van der Waals surface area contributed by atoms with Crippen molar-refractivity contribution >= 4 is 47.2 Å². The summed E-state index contributed by atoms with van der Waals surface area (Å²) in [6.07, 6.45) is -2.05. The van der Waals surface area contributed by atoms with Gasteiger partial charge in [-0.3, -0.25) is 19.7 Å². The van der Waals surface area contributed by atoms with Gasteiger partial charge in [-0.05, 0) is 50.5 Å². The van der Waals surface area contributed by atoms with Crippen LogP contribution in [0, 0.1) is 5.41 Å². The minimum Gasteiger partial charge on any atom is -0.444 e. The molecule has 41 heavy (non-hydrogen) atoms. The molecule has 0 bridgehead atoms. The van der Waals surface area contributed by atoms with Crippen LogP contribution in [0.25, 0.3) is 0 Å². The van der Waals surface area contributed by atoms with Gasteiger partial charge in [0.2, 0.25) is 11.8 Å². The van der Waals surface area contributed by atoms with E-state index in [4.69, 9.17) is 14.9 Å². The van der Waals surface area contributed by atoms with Crippen LogP contribution in [0.5, 0.6) is 0 Å². The van der Waals surface area contributed by atoms with Gasteiger partial charge in [-0.25, -0.2) is 4.79 Å². The van der Waals surface area contributed by atoms with E-state index in [2.05, 4.69) is 16.0 Å². The average Bonchev–Trinajstić information content (AvgIpc) is 3.22. The van der Waals surface area contributed by atoms with Crippen molar-refractivity contribution in [1.29, 1.82) is 0 Å². The van der Waals surface area contributed by atoms with E-state index in [9.17, 15) is 24.3 Å². The Morgan fingerprint density at radius 1 is 1.02 bits per heavy atom. The summed E-state index contributed by atoms with van der Waals surface area (Å²) in [7, 11) is 0. The molecular formula is C27H48N4O8S2. The topological polar surface area (TPSA) is 178 Å². The predicted molar refractivity (Wildman–Crippen MR) is 159 cm³/mol. The first-order valence-electron chi connectivity index (χ1n) is 14.1. The average molecular weight is 621 g/mol. The molecule has 0 aromatic carbocycles. The zero-order chi connectivity index (χ0) is 31.2. The number of thioether (sulfide) groups is 2. The number of ether oxygens (including phenoxy) is 1. The standard InChI is InChI=1S/C27H48N4O8S2/c1-8-10-16(19(34)22(36)28-14-18(32)33)29-21(35)17-13-27(40-11-9-12-41-27)15-31(17)23(37)20(25(2,3)4)30-24(38)39-26(5,6)7/h16-18,20,22,28,32-33,36H,8-15H2,1-7H3,(H,29,35)(H,30,38)/t16?,17?,20?,22-/m0/s1. The van der Waals surface area contributed by atoms with Crippen molar-refractivity contribution in [2.75, 3.05) is 24.6 Å². The molecule has 2 fully saturated rings. The van der Waals surface area contributed by atoms with Crippen LogP contribution in [-0.4, -0.2) is 109 Å². The van der Waals surface area contributed by atoms with Crippen LogP contribution < -0.4 is 16.0 Å². The van der Waals surface area contributed by atoms with E-state index in [1.54, 1.807) is 44.3 Å². The molecule has 14 heteroatoms. The number of hydrogen-bond donors (Lipinski definition) is 6. The third-order valence-corrected chi connectivity index (χ3v) is 10.0. The molecular weight excluding hydrogens is 572 g/mol. The summed E-state index contributed by atoms with van der Waals surface area (Å²) in [6, 6.07) is -2.93. The van der Waals surface area contributed by atoms with Gasteiger partial charge >= 0.3 is 6.09 Å². The quantitative estimate of drug-likeness (QED) is 0.183. The number of carbonyl (C=O) groups is 4. The fourth-order valence-corrected chi connectivity index (χ4v) is 8.07. The molecule has 2 heterocycles. The summed E-state index contributed by atoms with van der Waals surface area (Å²) >= 11 is 3.44. The van der Waals surface area contributed by atoms with Gasteiger partial charge in [0.1, 0.15) is 17.7 Å². The first-order valence-corrected chi connectivity index (χ1v) is 16.1. The second kappa shape index (κ2) is 14.7. The monoisotopic (exact) mass is 620 g/mol. The van der Waals surface area contributed by atoms with E-state index >= 15 is 0 Å². The second-order valence-electron chi connectivity index (χ2n) is 12.6. The number of likely N-dealkylation sites (tertiary alicyclic amines) is 1. The number of rotatable bonds is 11. The smallest absolute Gasteiger partial charge is 0.408 e. The van der Waals surface area contributed by atoms with Crippen molar-refractivity contribution in [3.05, 3.63) is 0 Å². The molecule has 1 spiro atoms. The zero-order valence-corrected chi connectivity index (χ0v) is 26.8. The minimum absolute atomic E-state index is 0.241. The van der Waals surface area contributed by atoms with Crippen molar-refractivity contribution in [3.63, 3.8) is 0 Å². The minimum atomic E-state index is -1.76.